The molecule has 0 aromatic carbocycles. The number of nitrogens with one attached hydrogen (secondary N) is 2. The topological polar surface area (TPSA) is 104 Å². The number of aldehydes is 1. The maximum absolute atomic E-state index is 10.4. The second kappa shape index (κ2) is 20.3. The molecule has 3 atom stereocenters. The highest BCUT2D eigenvalue weighted by Gasteiger charge is 2.37. The Morgan fingerprint density at radius 3 is 2.35 bits per heavy atom. The number of likely N-dealkylation sites (N-methyl/N-ethyl adjacent to an activating group) is 1. The maximum Gasteiger partial charge on any atom is 0.211 e. The first-order chi connectivity index (χ1) is 22.1. The van der Waals surface area contributed by atoms with Crippen molar-refractivity contribution in [3.63, 3.8) is 0 Å². The number of nitrogens with zero attached hydrogens (tertiary/aromatic N) is 5. The SMILES string of the molecule is CCC/C=C/C(=C\C(NC=O)=C(C)C)NC.CCC1\C=C(c2cnn(C)c2C)/N=C\C(C)=C(/C)C=N1.O=CCN1CC2CCC1C2. The second-order valence-electron chi connectivity index (χ2n) is 12.4. The van der Waals surface area contributed by atoms with Crippen molar-refractivity contribution in [1.82, 2.24) is 25.3 Å². The molecule has 2 bridgehead atoms. The van der Waals surface area contributed by atoms with Crippen LogP contribution >= 0.6 is 0 Å². The van der Waals surface area contributed by atoms with Crippen molar-refractivity contribution in [2.45, 2.75) is 99.1 Å². The summed E-state index contributed by atoms with van der Waals surface area (Å²) in [5.41, 5.74) is 8.33. The van der Waals surface area contributed by atoms with Crippen LogP contribution in [0.3, 0.4) is 0 Å². The molecule has 2 aliphatic heterocycles. The highest BCUT2D eigenvalue weighted by Crippen LogP contribution is 2.36. The summed E-state index contributed by atoms with van der Waals surface area (Å²) in [6.45, 7) is 16.2. The van der Waals surface area contributed by atoms with Crippen LogP contribution in [0.2, 0.25) is 0 Å². The van der Waals surface area contributed by atoms with Gasteiger partial charge in [0.15, 0.2) is 0 Å². The van der Waals surface area contributed by atoms with E-state index in [0.717, 1.165) is 82.6 Å². The summed E-state index contributed by atoms with van der Waals surface area (Å²) in [5, 5.41) is 10.1. The molecule has 1 aromatic rings. The lowest BCUT2D eigenvalue weighted by atomic mass is 10.1. The molecule has 1 saturated carbocycles. The number of aliphatic imine (C=N–C) groups is 2. The number of amides is 1. The van der Waals surface area contributed by atoms with Crippen LogP contribution in [0.1, 0.15) is 91.3 Å². The van der Waals surface area contributed by atoms with Crippen LogP contribution < -0.4 is 10.6 Å². The van der Waals surface area contributed by atoms with Gasteiger partial charge in [-0.25, -0.2) is 0 Å². The van der Waals surface area contributed by atoms with Gasteiger partial charge in [-0.05, 0) is 102 Å². The largest absolute Gasteiger partial charge is 0.388 e. The lowest BCUT2D eigenvalue weighted by molar-refractivity contribution is -0.109. The van der Waals surface area contributed by atoms with Gasteiger partial charge in [0, 0.05) is 61.8 Å². The molecule has 3 heterocycles. The minimum atomic E-state index is 0.155. The summed E-state index contributed by atoms with van der Waals surface area (Å²) in [4.78, 5) is 32.3. The van der Waals surface area contributed by atoms with E-state index in [-0.39, 0.29) is 6.04 Å². The first-order valence-electron chi connectivity index (χ1n) is 16.6. The second-order valence-corrected chi connectivity index (χ2v) is 12.4. The monoisotopic (exact) mass is 631 g/mol. The third-order valence-corrected chi connectivity index (χ3v) is 8.68. The average molecular weight is 632 g/mol. The summed E-state index contributed by atoms with van der Waals surface area (Å²) < 4.78 is 1.87. The molecule has 3 aliphatic rings. The van der Waals surface area contributed by atoms with E-state index < -0.39 is 0 Å². The van der Waals surface area contributed by atoms with Crippen LogP contribution in [0.25, 0.3) is 5.70 Å². The summed E-state index contributed by atoms with van der Waals surface area (Å²) in [7, 11) is 3.81. The predicted molar refractivity (Wildman–Crippen MR) is 193 cm³/mol. The van der Waals surface area contributed by atoms with Crippen molar-refractivity contribution in [1.29, 1.82) is 0 Å². The fourth-order valence-electron chi connectivity index (χ4n) is 5.45. The molecule has 0 radical (unpaired) electrons. The summed E-state index contributed by atoms with van der Waals surface area (Å²) >= 11 is 0. The molecule has 0 spiro atoms. The van der Waals surface area contributed by atoms with Gasteiger partial charge in [0.05, 0.1) is 24.5 Å². The molecular weight excluding hydrogens is 574 g/mol. The summed E-state index contributed by atoms with van der Waals surface area (Å²) in [6.07, 6.45) is 22.9. The van der Waals surface area contributed by atoms with Gasteiger partial charge < -0.3 is 15.4 Å². The van der Waals surface area contributed by atoms with E-state index in [2.05, 4.69) is 77.4 Å². The molecule has 2 N–H and O–H groups in total. The third kappa shape index (κ3) is 12.2. The van der Waals surface area contributed by atoms with Crippen molar-refractivity contribution in [3.8, 4) is 0 Å². The summed E-state index contributed by atoms with van der Waals surface area (Å²) in [6, 6.07) is 0.915. The quantitative estimate of drug-likeness (QED) is 0.215. The number of allylic oxidation sites excluding steroid dienone is 6. The van der Waals surface area contributed by atoms with E-state index in [0.29, 0.717) is 13.0 Å². The van der Waals surface area contributed by atoms with E-state index >= 15 is 0 Å². The molecule has 2 fully saturated rings. The Morgan fingerprint density at radius 1 is 1.09 bits per heavy atom. The number of rotatable bonds is 11. The number of aromatic nitrogens is 2. The molecule has 9 nitrogen and oxygen atoms in total. The number of piperidine rings is 1. The third-order valence-electron chi connectivity index (χ3n) is 8.68. The van der Waals surface area contributed by atoms with Crippen molar-refractivity contribution >= 4 is 30.8 Å². The lowest BCUT2D eigenvalue weighted by Crippen LogP contribution is -2.33. The van der Waals surface area contributed by atoms with Crippen LogP contribution in [0.4, 0.5) is 0 Å². The lowest BCUT2D eigenvalue weighted by Gasteiger charge is -2.23. The highest BCUT2D eigenvalue weighted by molar-refractivity contribution is 5.93. The fourth-order valence-corrected chi connectivity index (χ4v) is 5.45. The van der Waals surface area contributed by atoms with Gasteiger partial charge in [0.25, 0.3) is 0 Å². The zero-order chi connectivity index (χ0) is 34.1. The van der Waals surface area contributed by atoms with Crippen LogP contribution in [0.5, 0.6) is 0 Å². The maximum atomic E-state index is 10.4. The first-order valence-corrected chi connectivity index (χ1v) is 16.6. The van der Waals surface area contributed by atoms with Crippen LogP contribution in [-0.4, -0.2) is 72.0 Å². The zero-order valence-corrected chi connectivity index (χ0v) is 29.6. The molecule has 4 rings (SSSR count). The van der Waals surface area contributed by atoms with E-state index in [9.17, 15) is 9.59 Å². The molecule has 1 amide bonds. The van der Waals surface area contributed by atoms with Gasteiger partial charge in [-0.2, -0.15) is 5.10 Å². The number of likely N-dealkylation sites (tertiary alicyclic amines) is 1. The Kier molecular flexibility index (Phi) is 16.9. The first kappa shape index (κ1) is 38.3. The standard InChI is InChI=1S/C16H22N4.C13H22N2O.C8H13NO/c1-6-14-7-16(15-10-19-20(5)13(15)4)18-9-12(3)11(2)8-17-14;1-5-6-7-8-12(14-4)9-13(11(2)3)15-10-16;10-4-3-9-6-7-1-2-8(9)5-7/h7-10,14H,6H2,1-5H3;7-10,14H,5-6H2,1-4H3,(H,15,16);4,7-8H,1-3,5-6H2/b12-11+,16-7-,17-8?,18-9-;8-7+,12-9+;. The number of carbonyl (C=O) groups excluding carboxylic acids is 2. The van der Waals surface area contributed by atoms with Crippen LogP contribution in [-0.2, 0) is 16.6 Å². The normalized spacial score (nSPS) is 24.3. The number of hydrogen-bond donors (Lipinski definition) is 2. The minimum absolute atomic E-state index is 0.155. The number of hydrogen-bond acceptors (Lipinski definition) is 7. The Morgan fingerprint density at radius 2 is 1.83 bits per heavy atom. The number of fused-ring (bicyclic) bond motifs is 2. The Balaban J connectivity index is 0.000000253. The number of carbonyl (C=O) groups is 2. The smallest absolute Gasteiger partial charge is 0.211 e. The molecule has 46 heavy (non-hydrogen) atoms. The molecule has 9 heteroatoms. The van der Waals surface area contributed by atoms with Crippen molar-refractivity contribution in [2.24, 2.45) is 23.0 Å². The Hall–Kier alpha value is -3.85. The van der Waals surface area contributed by atoms with Gasteiger partial charge in [-0.1, -0.05) is 31.9 Å². The van der Waals surface area contributed by atoms with Gasteiger partial charge in [0.2, 0.25) is 6.41 Å². The number of unbranched alkanes of at least 4 members (excludes halogenated alkanes) is 1. The molecule has 3 unspecified atom stereocenters. The van der Waals surface area contributed by atoms with Gasteiger partial charge in [0.1, 0.15) is 6.29 Å². The van der Waals surface area contributed by atoms with E-state index in [1.165, 1.54) is 25.8 Å². The molecule has 1 saturated heterocycles. The van der Waals surface area contributed by atoms with Crippen molar-refractivity contribution < 1.29 is 9.59 Å². The van der Waals surface area contributed by atoms with E-state index in [1.54, 1.807) is 0 Å². The molecular formula is C37H57N7O2. The van der Waals surface area contributed by atoms with Gasteiger partial charge in [-0.15, -0.1) is 0 Å². The minimum Gasteiger partial charge on any atom is -0.388 e. The van der Waals surface area contributed by atoms with E-state index in [1.807, 2.05) is 63.4 Å². The Labute approximate surface area is 277 Å². The van der Waals surface area contributed by atoms with Gasteiger partial charge >= 0.3 is 0 Å². The fraction of sp³-hybridized carbons (Fsp3) is 0.541. The molecule has 1 aromatic heterocycles. The summed E-state index contributed by atoms with van der Waals surface area (Å²) in [5.74, 6) is 0.921. The van der Waals surface area contributed by atoms with Crippen LogP contribution in [0, 0.1) is 12.8 Å². The van der Waals surface area contributed by atoms with Crippen LogP contribution in [0.15, 0.2) is 68.6 Å². The molecule has 252 valence electrons. The van der Waals surface area contributed by atoms with E-state index in [4.69, 9.17) is 0 Å². The highest BCUT2D eigenvalue weighted by atomic mass is 16.1. The van der Waals surface area contributed by atoms with Gasteiger partial charge in [-0.3, -0.25) is 24.4 Å². The predicted octanol–water partition coefficient (Wildman–Crippen LogP) is 6.50. The molecule has 1 aliphatic carbocycles. The Bertz CT molecular complexity index is 1360. The van der Waals surface area contributed by atoms with Crippen molar-refractivity contribution in [2.75, 3.05) is 20.1 Å². The number of aryl methyl sites for hydroxylation is 1. The van der Waals surface area contributed by atoms with Crippen molar-refractivity contribution in [3.05, 3.63) is 69.9 Å². The average Bonchev–Trinajstić information content (AvgIpc) is 3.77. The zero-order valence-electron chi connectivity index (χ0n) is 29.6.